The zero-order chi connectivity index (χ0) is 14.4. The summed E-state index contributed by atoms with van der Waals surface area (Å²) >= 11 is 0. The Bertz CT molecular complexity index is 486. The molecule has 1 N–H and O–H groups in total. The van der Waals surface area contributed by atoms with Gasteiger partial charge in [-0.05, 0) is 13.3 Å². The lowest BCUT2D eigenvalue weighted by Crippen LogP contribution is -2.40. The summed E-state index contributed by atoms with van der Waals surface area (Å²) in [5, 5.41) is 18.1. The zero-order valence-electron chi connectivity index (χ0n) is 11.9. The molecule has 0 amide bonds. The van der Waals surface area contributed by atoms with Gasteiger partial charge >= 0.3 is 5.97 Å². The molecule has 1 heterocycles. The van der Waals surface area contributed by atoms with E-state index in [2.05, 4.69) is 13.0 Å². The highest BCUT2D eigenvalue weighted by atomic mass is 16.4. The molecule has 0 aliphatic rings. The fourth-order valence-electron chi connectivity index (χ4n) is 2.27. The predicted octanol–water partition coefficient (Wildman–Crippen LogP) is 1.85. The summed E-state index contributed by atoms with van der Waals surface area (Å²) in [6.07, 6.45) is 5.58. The maximum absolute atomic E-state index is 11.0. The lowest BCUT2D eigenvalue weighted by Gasteiger charge is -2.03. The monoisotopic (exact) mass is 264 g/mol. The molecule has 0 saturated heterocycles. The average molecular weight is 264 g/mol. The summed E-state index contributed by atoms with van der Waals surface area (Å²) in [6.45, 7) is 5.89. The van der Waals surface area contributed by atoms with Crippen LogP contribution in [-0.4, -0.2) is 15.6 Å². The first kappa shape index (κ1) is 15.2. The van der Waals surface area contributed by atoms with Gasteiger partial charge < -0.3 is 5.11 Å². The molecule has 0 aliphatic heterocycles. The molecule has 104 valence electrons. The number of hydrogen-bond acceptors (Lipinski definition) is 2. The van der Waals surface area contributed by atoms with Gasteiger partial charge in [-0.2, -0.15) is 5.26 Å². The van der Waals surface area contributed by atoms with Gasteiger partial charge in [-0.3, -0.25) is 0 Å². The van der Waals surface area contributed by atoms with Crippen LogP contribution in [0.4, 0.5) is 0 Å². The molecule has 5 heteroatoms. The van der Waals surface area contributed by atoms with Crippen molar-refractivity contribution in [2.24, 2.45) is 0 Å². The van der Waals surface area contributed by atoms with E-state index in [1.807, 2.05) is 29.2 Å². The van der Waals surface area contributed by atoms with Crippen molar-refractivity contribution < 1.29 is 14.5 Å². The molecule has 1 rings (SSSR count). The highest BCUT2D eigenvalue weighted by Gasteiger charge is 2.26. The van der Waals surface area contributed by atoms with Crippen LogP contribution < -0.4 is 4.57 Å². The Kier molecular flexibility index (Phi) is 5.56. The quantitative estimate of drug-likeness (QED) is 0.764. The van der Waals surface area contributed by atoms with Gasteiger partial charge in [0.15, 0.2) is 12.6 Å². The fourth-order valence-corrected chi connectivity index (χ4v) is 2.27. The number of rotatable bonds is 7. The zero-order valence-corrected chi connectivity index (χ0v) is 11.9. The van der Waals surface area contributed by atoms with Crippen molar-refractivity contribution in [3.8, 4) is 6.07 Å². The van der Waals surface area contributed by atoms with Gasteiger partial charge in [0.2, 0.25) is 0 Å². The van der Waals surface area contributed by atoms with E-state index in [0.717, 1.165) is 30.8 Å². The Hall–Kier alpha value is -1.83. The summed E-state index contributed by atoms with van der Waals surface area (Å²) in [4.78, 5) is 11.0. The van der Waals surface area contributed by atoms with Crippen LogP contribution in [0.15, 0.2) is 6.20 Å². The molecular weight excluding hydrogens is 242 g/mol. The molecule has 1 unspecified atom stereocenters. The smallest absolute Gasteiger partial charge is 0.346 e. The Morgan fingerprint density at radius 2 is 2.26 bits per heavy atom. The summed E-state index contributed by atoms with van der Waals surface area (Å²) < 4.78 is 3.74. The number of carboxylic acid groups (broad SMARTS) is 1. The van der Waals surface area contributed by atoms with E-state index in [9.17, 15) is 4.79 Å². The maximum atomic E-state index is 11.0. The number of aliphatic carboxylic acids is 1. The van der Waals surface area contributed by atoms with Crippen LogP contribution in [0.25, 0.3) is 0 Å². The van der Waals surface area contributed by atoms with Crippen molar-refractivity contribution in [3.05, 3.63) is 17.7 Å². The van der Waals surface area contributed by atoms with Crippen molar-refractivity contribution in [3.63, 3.8) is 0 Å². The van der Waals surface area contributed by atoms with E-state index >= 15 is 0 Å². The Morgan fingerprint density at radius 3 is 2.74 bits per heavy atom. The Morgan fingerprint density at radius 1 is 1.58 bits per heavy atom. The van der Waals surface area contributed by atoms with E-state index < -0.39 is 5.97 Å². The Labute approximate surface area is 114 Å². The maximum Gasteiger partial charge on any atom is 0.346 e. The van der Waals surface area contributed by atoms with Crippen LogP contribution in [0.5, 0.6) is 0 Å². The van der Waals surface area contributed by atoms with Gasteiger partial charge in [-0.15, -0.1) is 0 Å². The number of aromatic nitrogens is 2. The molecule has 1 aromatic heterocycles. The molecule has 0 saturated carbocycles. The predicted molar refractivity (Wildman–Crippen MR) is 70.6 cm³/mol. The molecule has 19 heavy (non-hydrogen) atoms. The molecule has 0 fully saturated rings. The van der Waals surface area contributed by atoms with Crippen LogP contribution in [0.3, 0.4) is 0 Å². The third kappa shape index (κ3) is 3.57. The number of carboxylic acids is 1. The van der Waals surface area contributed by atoms with Gasteiger partial charge in [0.1, 0.15) is 18.0 Å². The number of hydrogen-bond donors (Lipinski definition) is 1. The molecule has 1 aromatic rings. The third-order valence-electron chi connectivity index (χ3n) is 3.24. The minimum atomic E-state index is -0.847. The fraction of sp³-hybridized carbons (Fsp3) is 0.643. The first-order valence-corrected chi connectivity index (χ1v) is 6.78. The number of carbonyl (C=O) groups is 1. The number of nitriles is 1. The van der Waals surface area contributed by atoms with Crippen molar-refractivity contribution in [1.29, 1.82) is 5.26 Å². The van der Waals surface area contributed by atoms with Crippen molar-refractivity contribution in [2.45, 2.75) is 59.0 Å². The molecule has 0 aliphatic carbocycles. The lowest BCUT2D eigenvalue weighted by molar-refractivity contribution is -0.713. The van der Waals surface area contributed by atoms with E-state index in [-0.39, 0.29) is 12.6 Å². The minimum absolute atomic E-state index is 0.0344. The third-order valence-corrected chi connectivity index (χ3v) is 3.24. The van der Waals surface area contributed by atoms with Crippen molar-refractivity contribution in [2.75, 3.05) is 0 Å². The second-order valence-electron chi connectivity index (χ2n) is 4.69. The number of aryl methyl sites for hydroxylation is 1. The number of unbranched alkanes of at least 4 members (excludes halogenated alkanes) is 1. The van der Waals surface area contributed by atoms with E-state index in [1.54, 1.807) is 0 Å². The topological polar surface area (TPSA) is 69.9 Å². The van der Waals surface area contributed by atoms with Crippen LogP contribution in [0, 0.1) is 11.3 Å². The van der Waals surface area contributed by atoms with Crippen LogP contribution in [0.2, 0.25) is 0 Å². The molecule has 0 radical (unpaired) electrons. The molecule has 0 spiro atoms. The van der Waals surface area contributed by atoms with Crippen LogP contribution in [0.1, 0.15) is 51.2 Å². The largest absolute Gasteiger partial charge is 0.478 e. The lowest BCUT2D eigenvalue weighted by atomic mass is 10.2. The highest BCUT2D eigenvalue weighted by molar-refractivity contribution is 5.66. The molecule has 0 aromatic carbocycles. The summed E-state index contributed by atoms with van der Waals surface area (Å²) in [6, 6.07) is 1.94. The van der Waals surface area contributed by atoms with Gasteiger partial charge in [-0.25, -0.2) is 13.9 Å². The first-order chi connectivity index (χ1) is 9.04. The number of imidazole rings is 1. The standard InChI is InChI=1S/C14H21N3O2/c1-4-6-7-12-9-16(11(3)8-15)13(5-2)17(12)10-14(18)19/h9,11H,4-7,10H2,1-3H3/p+1. The van der Waals surface area contributed by atoms with Gasteiger partial charge in [0, 0.05) is 12.8 Å². The van der Waals surface area contributed by atoms with E-state index in [0.29, 0.717) is 6.42 Å². The molecule has 5 nitrogen and oxygen atoms in total. The van der Waals surface area contributed by atoms with Crippen LogP contribution >= 0.6 is 0 Å². The van der Waals surface area contributed by atoms with Crippen LogP contribution in [-0.2, 0) is 24.2 Å². The second-order valence-corrected chi connectivity index (χ2v) is 4.69. The number of nitrogens with zero attached hydrogens (tertiary/aromatic N) is 3. The highest BCUT2D eigenvalue weighted by Crippen LogP contribution is 2.11. The SMILES string of the molecule is CCCCc1c[n+](C(C)C#N)c(CC)n1CC(=O)O. The normalized spacial score (nSPS) is 12.1. The van der Waals surface area contributed by atoms with Crippen molar-refractivity contribution in [1.82, 2.24) is 4.57 Å². The molecular formula is C14H22N3O2+. The van der Waals surface area contributed by atoms with Gasteiger partial charge in [0.05, 0.1) is 0 Å². The van der Waals surface area contributed by atoms with E-state index in [1.165, 1.54) is 0 Å². The summed E-state index contributed by atoms with van der Waals surface area (Å²) in [5.41, 5.74) is 1.00. The van der Waals surface area contributed by atoms with Gasteiger partial charge in [-0.1, -0.05) is 20.3 Å². The first-order valence-electron chi connectivity index (χ1n) is 6.78. The molecule has 1 atom stereocenters. The second kappa shape index (κ2) is 6.93. The summed E-state index contributed by atoms with van der Waals surface area (Å²) in [5.74, 6) is 0.0577. The Balaban J connectivity index is 3.24. The van der Waals surface area contributed by atoms with E-state index in [4.69, 9.17) is 10.4 Å². The summed E-state index contributed by atoms with van der Waals surface area (Å²) in [7, 11) is 0. The average Bonchev–Trinajstić information content (AvgIpc) is 2.72. The van der Waals surface area contributed by atoms with Crippen molar-refractivity contribution >= 4 is 5.97 Å². The molecule has 0 bridgehead atoms. The van der Waals surface area contributed by atoms with Gasteiger partial charge in [0.25, 0.3) is 5.82 Å². The minimum Gasteiger partial charge on any atom is -0.478 e.